The Bertz CT molecular complexity index is 837. The molecule has 0 fully saturated rings. The van der Waals surface area contributed by atoms with E-state index >= 15 is 0 Å². The van der Waals surface area contributed by atoms with E-state index in [4.69, 9.17) is 11.6 Å². The number of carbonyl (C=O) groups excluding carboxylic acids is 1. The summed E-state index contributed by atoms with van der Waals surface area (Å²) in [6.07, 6.45) is 1.57. The van der Waals surface area contributed by atoms with E-state index in [0.29, 0.717) is 21.5 Å². The molecule has 3 rings (SSSR count). The lowest BCUT2D eigenvalue weighted by molar-refractivity contribution is -0.113. The number of nitrogens with zero attached hydrogens (tertiary/aromatic N) is 2. The average molecular weight is 335 g/mol. The Morgan fingerprint density at radius 3 is 3.09 bits per heavy atom. The summed E-state index contributed by atoms with van der Waals surface area (Å²) in [7, 11) is 0. The Morgan fingerprint density at radius 2 is 2.27 bits per heavy atom. The molecule has 22 heavy (non-hydrogen) atoms. The first kappa shape index (κ1) is 14.7. The van der Waals surface area contributed by atoms with Crippen LogP contribution in [0.1, 0.15) is 0 Å². The standard InChI is InChI=1S/C14H11ClN4O2S/c15-12-5-10-11(6-16-12)19-14(18-10)22-7-13(21)17-8-2-1-3-9(20)4-8/h1-6,20H,7H2,(H,17,21)(H,18,19). The molecule has 1 aromatic carbocycles. The molecule has 0 radical (unpaired) electrons. The third kappa shape index (κ3) is 3.49. The number of fused-ring (bicyclic) bond motifs is 1. The molecule has 3 N–H and O–H groups in total. The summed E-state index contributed by atoms with van der Waals surface area (Å²) in [5.41, 5.74) is 2.02. The molecule has 8 heteroatoms. The van der Waals surface area contributed by atoms with Gasteiger partial charge in [-0.15, -0.1) is 0 Å². The molecule has 3 aromatic rings. The fourth-order valence-electron chi connectivity index (χ4n) is 1.85. The highest BCUT2D eigenvalue weighted by molar-refractivity contribution is 7.99. The molecular weight excluding hydrogens is 324 g/mol. The van der Waals surface area contributed by atoms with Gasteiger partial charge in [-0.25, -0.2) is 9.97 Å². The van der Waals surface area contributed by atoms with E-state index in [1.54, 1.807) is 24.4 Å². The first-order valence-corrected chi connectivity index (χ1v) is 7.69. The molecular formula is C14H11ClN4O2S. The summed E-state index contributed by atoms with van der Waals surface area (Å²) >= 11 is 7.08. The molecule has 0 aliphatic carbocycles. The number of hydrogen-bond donors (Lipinski definition) is 3. The number of halogens is 1. The average Bonchev–Trinajstić information content (AvgIpc) is 2.87. The number of hydrogen-bond acceptors (Lipinski definition) is 5. The van der Waals surface area contributed by atoms with Crippen LogP contribution in [0.25, 0.3) is 11.0 Å². The summed E-state index contributed by atoms with van der Waals surface area (Å²) in [6, 6.07) is 8.07. The van der Waals surface area contributed by atoms with Crippen LogP contribution in [0.4, 0.5) is 5.69 Å². The smallest absolute Gasteiger partial charge is 0.234 e. The number of phenolic OH excluding ortho intramolecular Hbond substituents is 1. The van der Waals surface area contributed by atoms with Crippen molar-refractivity contribution < 1.29 is 9.90 Å². The minimum atomic E-state index is -0.188. The van der Waals surface area contributed by atoms with E-state index in [-0.39, 0.29) is 17.4 Å². The molecule has 0 bridgehead atoms. The van der Waals surface area contributed by atoms with Crippen molar-refractivity contribution in [2.45, 2.75) is 5.16 Å². The van der Waals surface area contributed by atoms with Crippen molar-refractivity contribution in [1.29, 1.82) is 0 Å². The highest BCUT2D eigenvalue weighted by atomic mass is 35.5. The zero-order valence-corrected chi connectivity index (χ0v) is 12.8. The van der Waals surface area contributed by atoms with Gasteiger partial charge in [0.2, 0.25) is 5.91 Å². The van der Waals surface area contributed by atoms with Gasteiger partial charge in [0.05, 0.1) is 17.5 Å². The Hall–Kier alpha value is -2.25. The number of phenols is 1. The Balaban J connectivity index is 1.62. The number of aromatic nitrogens is 3. The molecule has 6 nitrogen and oxygen atoms in total. The van der Waals surface area contributed by atoms with Crippen molar-refractivity contribution in [3.8, 4) is 5.75 Å². The summed E-state index contributed by atoms with van der Waals surface area (Å²) in [5, 5.41) is 13.0. The molecule has 0 saturated carbocycles. The van der Waals surface area contributed by atoms with Gasteiger partial charge in [0, 0.05) is 17.8 Å². The van der Waals surface area contributed by atoms with Gasteiger partial charge in [-0.1, -0.05) is 29.4 Å². The molecule has 0 aliphatic rings. The first-order valence-electron chi connectivity index (χ1n) is 6.33. The van der Waals surface area contributed by atoms with Gasteiger partial charge in [-0.3, -0.25) is 4.79 Å². The third-order valence-corrected chi connectivity index (χ3v) is 3.86. The molecule has 0 aliphatic heterocycles. The van der Waals surface area contributed by atoms with Crippen LogP contribution in [-0.2, 0) is 4.79 Å². The maximum atomic E-state index is 11.9. The minimum Gasteiger partial charge on any atom is -0.508 e. The second-order valence-corrected chi connectivity index (χ2v) is 5.80. The zero-order chi connectivity index (χ0) is 15.5. The van der Waals surface area contributed by atoms with Crippen LogP contribution in [0.15, 0.2) is 41.7 Å². The third-order valence-electron chi connectivity index (χ3n) is 2.78. The Kier molecular flexibility index (Phi) is 4.17. The number of H-pyrrole nitrogens is 1. The van der Waals surface area contributed by atoms with E-state index < -0.39 is 0 Å². The van der Waals surface area contributed by atoms with Crippen molar-refractivity contribution >= 4 is 46.0 Å². The lowest BCUT2D eigenvalue weighted by Crippen LogP contribution is -2.13. The number of rotatable bonds is 4. The van der Waals surface area contributed by atoms with E-state index in [1.165, 1.54) is 23.9 Å². The first-order chi connectivity index (χ1) is 10.6. The summed E-state index contributed by atoms with van der Waals surface area (Å²) in [5.74, 6) is 0.107. The predicted octanol–water partition coefficient (Wildman–Crippen LogP) is 3.05. The number of benzene rings is 1. The van der Waals surface area contributed by atoms with Gasteiger partial charge in [0.25, 0.3) is 0 Å². The van der Waals surface area contributed by atoms with Crippen LogP contribution in [0.5, 0.6) is 5.75 Å². The van der Waals surface area contributed by atoms with Crippen LogP contribution >= 0.6 is 23.4 Å². The van der Waals surface area contributed by atoms with Gasteiger partial charge >= 0.3 is 0 Å². The van der Waals surface area contributed by atoms with E-state index in [1.807, 2.05) is 0 Å². The molecule has 1 amide bonds. The fourth-order valence-corrected chi connectivity index (χ4v) is 2.69. The van der Waals surface area contributed by atoms with Gasteiger partial charge in [-0.05, 0) is 12.1 Å². The summed E-state index contributed by atoms with van der Waals surface area (Å²) in [6.45, 7) is 0. The van der Waals surface area contributed by atoms with Crippen LogP contribution in [0.2, 0.25) is 5.15 Å². The Morgan fingerprint density at radius 1 is 1.41 bits per heavy atom. The minimum absolute atomic E-state index is 0.104. The largest absolute Gasteiger partial charge is 0.508 e. The lowest BCUT2D eigenvalue weighted by atomic mass is 10.3. The number of nitrogens with one attached hydrogen (secondary N) is 2. The quantitative estimate of drug-likeness (QED) is 0.504. The monoisotopic (exact) mass is 334 g/mol. The number of pyridine rings is 1. The van der Waals surface area contributed by atoms with Crippen molar-refractivity contribution in [2.24, 2.45) is 0 Å². The molecule has 0 unspecified atom stereocenters. The summed E-state index contributed by atoms with van der Waals surface area (Å²) < 4.78 is 0. The van der Waals surface area contributed by atoms with Gasteiger partial charge in [-0.2, -0.15) is 0 Å². The highest BCUT2D eigenvalue weighted by Crippen LogP contribution is 2.21. The Labute approximate surface area is 134 Å². The number of anilines is 1. The predicted molar refractivity (Wildman–Crippen MR) is 86.4 cm³/mol. The maximum absolute atomic E-state index is 11.9. The second-order valence-electron chi connectivity index (χ2n) is 4.45. The fraction of sp³-hybridized carbons (Fsp3) is 0.0714. The van der Waals surface area contributed by atoms with Crippen LogP contribution in [0.3, 0.4) is 0 Å². The second kappa shape index (κ2) is 6.25. The van der Waals surface area contributed by atoms with Crippen molar-refractivity contribution in [3.05, 3.63) is 41.7 Å². The molecule has 0 saturated heterocycles. The topological polar surface area (TPSA) is 90.9 Å². The lowest BCUT2D eigenvalue weighted by Gasteiger charge is -2.04. The maximum Gasteiger partial charge on any atom is 0.234 e. The van der Waals surface area contributed by atoms with Crippen LogP contribution in [-0.4, -0.2) is 31.7 Å². The molecule has 0 atom stereocenters. The van der Waals surface area contributed by atoms with E-state index in [0.717, 1.165) is 5.52 Å². The number of amides is 1. The van der Waals surface area contributed by atoms with Gasteiger partial charge in [0.1, 0.15) is 16.4 Å². The van der Waals surface area contributed by atoms with Crippen molar-refractivity contribution in [3.63, 3.8) is 0 Å². The molecule has 0 spiro atoms. The number of imidazole rings is 1. The summed E-state index contributed by atoms with van der Waals surface area (Å²) in [4.78, 5) is 23.2. The van der Waals surface area contributed by atoms with E-state index in [9.17, 15) is 9.90 Å². The SMILES string of the molecule is O=C(CSc1nc2cnc(Cl)cc2[nH]1)Nc1cccc(O)c1. The normalized spacial score (nSPS) is 10.8. The van der Waals surface area contributed by atoms with Crippen LogP contribution in [0, 0.1) is 0 Å². The van der Waals surface area contributed by atoms with Crippen molar-refractivity contribution in [2.75, 3.05) is 11.1 Å². The van der Waals surface area contributed by atoms with E-state index in [2.05, 4.69) is 20.3 Å². The highest BCUT2D eigenvalue weighted by Gasteiger charge is 2.08. The van der Waals surface area contributed by atoms with Gasteiger partial charge in [0.15, 0.2) is 5.16 Å². The molecule has 112 valence electrons. The van der Waals surface area contributed by atoms with Gasteiger partial charge < -0.3 is 15.4 Å². The number of thioether (sulfide) groups is 1. The number of aromatic amines is 1. The molecule has 2 heterocycles. The van der Waals surface area contributed by atoms with Crippen LogP contribution < -0.4 is 5.32 Å². The number of carbonyl (C=O) groups is 1. The zero-order valence-electron chi connectivity index (χ0n) is 11.2. The number of aromatic hydroxyl groups is 1. The van der Waals surface area contributed by atoms with Crippen molar-refractivity contribution in [1.82, 2.24) is 15.0 Å². The molecule has 2 aromatic heterocycles.